The third kappa shape index (κ3) is 17.5. The number of phenols is 2. The highest BCUT2D eigenvalue weighted by Crippen LogP contribution is 2.32. The van der Waals surface area contributed by atoms with E-state index in [2.05, 4.69) is 25.2 Å². The number of aliphatic hydroxyl groups excluding tert-OH is 1. The molecule has 0 saturated carbocycles. The van der Waals surface area contributed by atoms with Crippen molar-refractivity contribution >= 4 is 35.5 Å². The van der Waals surface area contributed by atoms with Crippen molar-refractivity contribution < 1.29 is 58.9 Å². The monoisotopic (exact) mass is 716 g/mol. The average Bonchev–Trinajstić information content (AvgIpc) is 3.97. The number of cyclic esters (lactones) is 1. The number of phenolic OH excluding ortho intramolecular Hbond substituents is 2. The van der Waals surface area contributed by atoms with E-state index < -0.39 is 17.9 Å². The first-order valence-electron chi connectivity index (χ1n) is 15.6. The molecular formula is C37H45ClO12. The summed E-state index contributed by atoms with van der Waals surface area (Å²) in [4.78, 5) is 41.5. The standard InChI is InChI=1S/C15H16O2.C8H6O4.C6H10O2.C5H8O3.C3H5ClO/c1-15(2,11-3-7-13(16)8-4-11)12-5-9-14(17)10-6-12;9-7(10)5-3-1-2-4-6(5)8(11)12;7-6-4-2-1-3-5-8-6;1-2-5(7)8-4-3-6;4-1-3-2-5-3/h3-10,16-17H,1-2H3;1-4H,(H,9,10)(H,11,12);1-5H2;2,6H,1,3-4H2;3H,1-2H2. The molecule has 0 bridgehead atoms. The Hall–Kier alpha value is -4.91. The number of carbonyl (C=O) groups excluding carboxylic acids is 2. The summed E-state index contributed by atoms with van der Waals surface area (Å²) >= 11 is 5.27. The van der Waals surface area contributed by atoms with Gasteiger partial charge in [-0.25, -0.2) is 14.4 Å². The number of carbonyl (C=O) groups is 4. The van der Waals surface area contributed by atoms with E-state index >= 15 is 0 Å². The molecule has 0 aliphatic carbocycles. The van der Waals surface area contributed by atoms with Gasteiger partial charge < -0.3 is 39.7 Å². The van der Waals surface area contributed by atoms with Gasteiger partial charge in [-0.3, -0.25) is 4.79 Å². The molecule has 2 fully saturated rings. The number of aromatic hydroxyl groups is 2. The fraction of sp³-hybridized carbons (Fsp3) is 0.351. The molecule has 1 unspecified atom stereocenters. The Labute approximate surface area is 296 Å². The number of aromatic carboxylic acids is 2. The summed E-state index contributed by atoms with van der Waals surface area (Å²) in [5.41, 5.74) is 1.72. The molecule has 2 aliphatic heterocycles. The molecule has 0 radical (unpaired) electrons. The molecule has 50 heavy (non-hydrogen) atoms. The maximum absolute atomic E-state index is 10.5. The minimum Gasteiger partial charge on any atom is -0.508 e. The quantitative estimate of drug-likeness (QED) is 0.0796. The van der Waals surface area contributed by atoms with E-state index in [0.29, 0.717) is 25.0 Å². The molecule has 3 aromatic rings. The van der Waals surface area contributed by atoms with Gasteiger partial charge in [-0.2, -0.15) is 0 Å². The predicted molar refractivity (Wildman–Crippen MR) is 187 cm³/mol. The van der Waals surface area contributed by atoms with E-state index in [9.17, 15) is 29.4 Å². The second kappa shape index (κ2) is 23.4. The summed E-state index contributed by atoms with van der Waals surface area (Å²) in [5.74, 6) is -1.77. The van der Waals surface area contributed by atoms with Gasteiger partial charge >= 0.3 is 23.9 Å². The first-order chi connectivity index (χ1) is 23.8. The van der Waals surface area contributed by atoms with Gasteiger partial charge in [-0.15, -0.1) is 11.6 Å². The zero-order valence-electron chi connectivity index (χ0n) is 28.1. The van der Waals surface area contributed by atoms with Crippen LogP contribution in [0.2, 0.25) is 0 Å². The maximum atomic E-state index is 10.5. The highest BCUT2D eigenvalue weighted by molar-refractivity contribution is 6.18. The van der Waals surface area contributed by atoms with Crippen LogP contribution >= 0.6 is 11.6 Å². The number of esters is 2. The number of epoxide rings is 1. The Morgan fingerprint density at radius 3 is 1.72 bits per heavy atom. The number of hydrogen-bond acceptors (Lipinski definition) is 10. The SMILES string of the molecule is C=CC(=O)OCCO.CC(C)(c1ccc(O)cc1)c1ccc(O)cc1.ClCC1CO1.O=C(O)c1ccccc1C(=O)O.O=C1CCCCCO1. The number of benzene rings is 3. The highest BCUT2D eigenvalue weighted by Gasteiger charge is 2.23. The zero-order valence-corrected chi connectivity index (χ0v) is 28.9. The molecule has 0 amide bonds. The lowest BCUT2D eigenvalue weighted by molar-refractivity contribution is -0.142. The van der Waals surface area contributed by atoms with Crippen LogP contribution in [0.3, 0.4) is 0 Å². The van der Waals surface area contributed by atoms with Crippen molar-refractivity contribution in [1.29, 1.82) is 0 Å². The molecule has 12 nitrogen and oxygen atoms in total. The minimum absolute atomic E-state index is 0.0255. The largest absolute Gasteiger partial charge is 0.508 e. The van der Waals surface area contributed by atoms with Crippen molar-refractivity contribution in [2.45, 2.75) is 51.0 Å². The summed E-state index contributed by atoms with van der Waals surface area (Å²) in [6, 6.07) is 19.9. The van der Waals surface area contributed by atoms with Crippen LogP contribution < -0.4 is 0 Å². The lowest BCUT2D eigenvalue weighted by atomic mass is 9.78. The molecule has 272 valence electrons. The Balaban J connectivity index is 0.000000332. The first kappa shape index (κ1) is 43.1. The lowest BCUT2D eigenvalue weighted by Gasteiger charge is -2.26. The summed E-state index contributed by atoms with van der Waals surface area (Å²) in [7, 11) is 0. The van der Waals surface area contributed by atoms with Crippen LogP contribution in [0.1, 0.15) is 71.4 Å². The molecule has 2 heterocycles. The van der Waals surface area contributed by atoms with Crippen LogP contribution in [0.4, 0.5) is 0 Å². The smallest absolute Gasteiger partial charge is 0.336 e. The number of ether oxygens (including phenoxy) is 3. The number of carboxylic acid groups (broad SMARTS) is 2. The molecule has 2 saturated heterocycles. The van der Waals surface area contributed by atoms with Crippen LogP contribution in [0.15, 0.2) is 85.5 Å². The fourth-order valence-electron chi connectivity index (χ4n) is 3.95. The zero-order chi connectivity index (χ0) is 37.5. The van der Waals surface area contributed by atoms with E-state index in [4.69, 9.17) is 36.4 Å². The van der Waals surface area contributed by atoms with Crippen LogP contribution in [-0.4, -0.2) is 87.8 Å². The Morgan fingerprint density at radius 2 is 1.36 bits per heavy atom. The van der Waals surface area contributed by atoms with Gasteiger partial charge in [-0.05, 0) is 66.8 Å². The predicted octanol–water partition coefficient (Wildman–Crippen LogP) is 5.94. The van der Waals surface area contributed by atoms with Crippen molar-refractivity contribution in [2.24, 2.45) is 0 Å². The van der Waals surface area contributed by atoms with E-state index in [1.165, 1.54) is 24.3 Å². The first-order valence-corrected chi connectivity index (χ1v) is 16.2. The van der Waals surface area contributed by atoms with E-state index in [-0.39, 0.29) is 47.2 Å². The van der Waals surface area contributed by atoms with Crippen LogP contribution in [-0.2, 0) is 29.2 Å². The Kier molecular flexibility index (Phi) is 20.2. The molecule has 1 atom stereocenters. The minimum atomic E-state index is -1.23. The number of hydrogen-bond donors (Lipinski definition) is 5. The molecule has 5 rings (SSSR count). The van der Waals surface area contributed by atoms with Crippen molar-refractivity contribution in [3.63, 3.8) is 0 Å². The topological polar surface area (TPSA) is 200 Å². The molecular weight excluding hydrogens is 672 g/mol. The second-order valence-corrected chi connectivity index (χ2v) is 11.4. The van der Waals surface area contributed by atoms with Crippen molar-refractivity contribution in [3.05, 3.63) is 108 Å². The number of halogens is 1. The van der Waals surface area contributed by atoms with Gasteiger partial charge in [0.15, 0.2) is 0 Å². The second-order valence-electron chi connectivity index (χ2n) is 11.1. The third-order valence-corrected chi connectivity index (χ3v) is 7.28. The van der Waals surface area contributed by atoms with Gasteiger partial charge in [-0.1, -0.05) is 56.8 Å². The van der Waals surface area contributed by atoms with Crippen molar-refractivity contribution in [1.82, 2.24) is 0 Å². The lowest BCUT2D eigenvalue weighted by Crippen LogP contribution is -2.18. The van der Waals surface area contributed by atoms with E-state index in [0.717, 1.165) is 43.1 Å². The number of aliphatic hydroxyl groups is 1. The summed E-state index contributed by atoms with van der Waals surface area (Å²) in [5, 5.41) is 43.8. The fourth-order valence-corrected chi connectivity index (χ4v) is 4.13. The van der Waals surface area contributed by atoms with Gasteiger partial charge in [0.2, 0.25) is 0 Å². The normalized spacial score (nSPS) is 14.3. The molecule has 5 N–H and O–H groups in total. The van der Waals surface area contributed by atoms with Crippen LogP contribution in [0.5, 0.6) is 11.5 Å². The molecule has 13 heteroatoms. The Morgan fingerprint density at radius 1 is 0.880 bits per heavy atom. The van der Waals surface area contributed by atoms with Gasteiger partial charge in [0.1, 0.15) is 18.1 Å². The maximum Gasteiger partial charge on any atom is 0.336 e. The third-order valence-electron chi connectivity index (χ3n) is 6.93. The van der Waals surface area contributed by atoms with Gasteiger partial charge in [0, 0.05) is 17.9 Å². The molecule has 0 spiro atoms. The van der Waals surface area contributed by atoms with Crippen LogP contribution in [0.25, 0.3) is 0 Å². The van der Waals surface area contributed by atoms with E-state index in [1.54, 1.807) is 24.3 Å². The molecule has 3 aromatic carbocycles. The van der Waals surface area contributed by atoms with E-state index in [1.807, 2.05) is 24.3 Å². The summed E-state index contributed by atoms with van der Waals surface area (Å²) in [6.45, 7) is 8.81. The van der Waals surface area contributed by atoms with Crippen molar-refractivity contribution in [2.75, 3.05) is 32.3 Å². The van der Waals surface area contributed by atoms with Gasteiger partial charge in [0.05, 0.1) is 42.9 Å². The van der Waals surface area contributed by atoms with Gasteiger partial charge in [0.25, 0.3) is 0 Å². The number of alkyl halides is 1. The highest BCUT2D eigenvalue weighted by atomic mass is 35.5. The Bertz CT molecular complexity index is 1390. The number of rotatable bonds is 8. The number of carboxylic acids is 2. The summed E-state index contributed by atoms with van der Waals surface area (Å²) in [6.07, 6.45) is 5.28. The van der Waals surface area contributed by atoms with Crippen LogP contribution in [0, 0.1) is 0 Å². The van der Waals surface area contributed by atoms with Crippen molar-refractivity contribution in [3.8, 4) is 11.5 Å². The molecule has 0 aromatic heterocycles. The molecule has 2 aliphatic rings. The average molecular weight is 717 g/mol. The summed E-state index contributed by atoms with van der Waals surface area (Å²) < 4.78 is 13.8.